The van der Waals surface area contributed by atoms with Gasteiger partial charge in [0.2, 0.25) is 5.91 Å². The zero-order chi connectivity index (χ0) is 14.8. The van der Waals surface area contributed by atoms with Gasteiger partial charge in [0.15, 0.2) is 11.6 Å². The summed E-state index contributed by atoms with van der Waals surface area (Å²) >= 11 is 0. The predicted octanol–water partition coefficient (Wildman–Crippen LogP) is 2.37. The van der Waals surface area contributed by atoms with Crippen LogP contribution in [0.15, 0.2) is 18.2 Å². The molecule has 2 N–H and O–H groups in total. The van der Waals surface area contributed by atoms with Crippen molar-refractivity contribution in [3.63, 3.8) is 0 Å². The standard InChI is InChI=1S/C13H15F3N2O2/c1-13(4-5-17-7-13)11(19)18-8-2-3-10(9(14)6-8)20-12(15)16/h2-3,6,12,17H,4-5,7H2,1H3,(H,18,19). The van der Waals surface area contributed by atoms with Crippen molar-refractivity contribution in [2.45, 2.75) is 20.0 Å². The van der Waals surface area contributed by atoms with Crippen LogP contribution in [-0.4, -0.2) is 25.6 Å². The number of hydrogen-bond donors (Lipinski definition) is 2. The highest BCUT2D eigenvalue weighted by Gasteiger charge is 2.36. The molecule has 1 aromatic carbocycles. The average molecular weight is 288 g/mol. The van der Waals surface area contributed by atoms with E-state index in [2.05, 4.69) is 15.4 Å². The first-order valence-electron chi connectivity index (χ1n) is 6.17. The Bertz CT molecular complexity index is 502. The lowest BCUT2D eigenvalue weighted by atomic mass is 9.89. The van der Waals surface area contributed by atoms with Crippen LogP contribution >= 0.6 is 0 Å². The van der Waals surface area contributed by atoms with Gasteiger partial charge in [-0.2, -0.15) is 8.78 Å². The molecule has 1 atom stereocenters. The predicted molar refractivity (Wildman–Crippen MR) is 67.3 cm³/mol. The first-order valence-corrected chi connectivity index (χ1v) is 6.17. The number of nitrogens with one attached hydrogen (secondary N) is 2. The first-order chi connectivity index (χ1) is 9.40. The van der Waals surface area contributed by atoms with Gasteiger partial charge in [0.05, 0.1) is 5.41 Å². The summed E-state index contributed by atoms with van der Waals surface area (Å²) in [4.78, 5) is 12.1. The van der Waals surface area contributed by atoms with Crippen LogP contribution < -0.4 is 15.4 Å². The number of ether oxygens (including phenoxy) is 1. The maximum atomic E-state index is 13.5. The summed E-state index contributed by atoms with van der Waals surface area (Å²) < 4.78 is 41.5. The van der Waals surface area contributed by atoms with Gasteiger partial charge in [-0.3, -0.25) is 4.79 Å². The van der Waals surface area contributed by atoms with E-state index in [1.807, 2.05) is 6.92 Å². The number of halogens is 3. The maximum absolute atomic E-state index is 13.5. The van der Waals surface area contributed by atoms with Crippen LogP contribution in [-0.2, 0) is 4.79 Å². The van der Waals surface area contributed by atoms with E-state index in [9.17, 15) is 18.0 Å². The third-order valence-electron chi connectivity index (χ3n) is 3.32. The molecule has 2 rings (SSSR count). The Morgan fingerprint density at radius 1 is 1.50 bits per heavy atom. The minimum atomic E-state index is -3.09. The van der Waals surface area contributed by atoms with Crippen molar-refractivity contribution in [1.82, 2.24) is 5.32 Å². The van der Waals surface area contributed by atoms with Crippen molar-refractivity contribution in [3.05, 3.63) is 24.0 Å². The average Bonchev–Trinajstić information content (AvgIpc) is 2.81. The largest absolute Gasteiger partial charge is 0.432 e. The van der Waals surface area contributed by atoms with Crippen LogP contribution in [0.25, 0.3) is 0 Å². The van der Waals surface area contributed by atoms with Crippen LogP contribution in [0.3, 0.4) is 0 Å². The molecule has 0 spiro atoms. The number of alkyl halides is 2. The summed E-state index contributed by atoms with van der Waals surface area (Å²) in [5.74, 6) is -1.73. The van der Waals surface area contributed by atoms with Gasteiger partial charge in [-0.25, -0.2) is 4.39 Å². The normalized spacial score (nSPS) is 22.1. The van der Waals surface area contributed by atoms with Crippen molar-refractivity contribution >= 4 is 11.6 Å². The van der Waals surface area contributed by atoms with Gasteiger partial charge in [-0.1, -0.05) is 0 Å². The molecule has 0 aromatic heterocycles. The fourth-order valence-electron chi connectivity index (χ4n) is 2.06. The molecular weight excluding hydrogens is 273 g/mol. The molecule has 7 heteroatoms. The lowest BCUT2D eigenvalue weighted by Crippen LogP contribution is -2.35. The van der Waals surface area contributed by atoms with E-state index in [1.165, 1.54) is 6.07 Å². The van der Waals surface area contributed by atoms with E-state index in [4.69, 9.17) is 0 Å². The molecule has 0 radical (unpaired) electrons. The molecule has 1 fully saturated rings. The van der Waals surface area contributed by atoms with E-state index in [1.54, 1.807) is 0 Å². The highest BCUT2D eigenvalue weighted by molar-refractivity contribution is 5.95. The summed E-state index contributed by atoms with van der Waals surface area (Å²) in [6.07, 6.45) is 0.688. The van der Waals surface area contributed by atoms with Crippen LogP contribution in [0.2, 0.25) is 0 Å². The van der Waals surface area contributed by atoms with Gasteiger partial charge in [-0.05, 0) is 32.0 Å². The quantitative estimate of drug-likeness (QED) is 0.894. The van der Waals surface area contributed by atoms with Crippen LogP contribution in [0.5, 0.6) is 5.75 Å². The van der Waals surface area contributed by atoms with Crippen molar-refractivity contribution in [3.8, 4) is 5.75 Å². The summed E-state index contributed by atoms with van der Waals surface area (Å²) in [5.41, 5.74) is -0.337. The summed E-state index contributed by atoms with van der Waals surface area (Å²) in [5, 5.41) is 5.67. The number of amides is 1. The lowest BCUT2D eigenvalue weighted by Gasteiger charge is -2.21. The van der Waals surface area contributed by atoms with Gasteiger partial charge in [0.1, 0.15) is 0 Å². The molecule has 0 bridgehead atoms. The van der Waals surface area contributed by atoms with Gasteiger partial charge in [0.25, 0.3) is 0 Å². The van der Waals surface area contributed by atoms with Crippen molar-refractivity contribution in [1.29, 1.82) is 0 Å². The molecule has 0 saturated carbocycles. The fourth-order valence-corrected chi connectivity index (χ4v) is 2.06. The Hall–Kier alpha value is -1.76. The molecule has 1 unspecified atom stereocenters. The molecular formula is C13H15F3N2O2. The number of rotatable bonds is 4. The molecule has 110 valence electrons. The monoisotopic (exact) mass is 288 g/mol. The Balaban J connectivity index is 2.06. The van der Waals surface area contributed by atoms with E-state index >= 15 is 0 Å². The minimum Gasteiger partial charge on any atom is -0.432 e. The number of hydrogen-bond acceptors (Lipinski definition) is 3. The van der Waals surface area contributed by atoms with Crippen LogP contribution in [0.4, 0.5) is 18.9 Å². The molecule has 1 heterocycles. The summed E-state index contributed by atoms with van der Waals surface area (Å²) in [7, 11) is 0. The molecule has 0 aliphatic carbocycles. The molecule has 1 aliphatic rings. The Kier molecular flexibility index (Phi) is 4.17. The van der Waals surface area contributed by atoms with E-state index in [0.717, 1.165) is 18.7 Å². The van der Waals surface area contributed by atoms with Gasteiger partial charge in [-0.15, -0.1) is 0 Å². The molecule has 1 aliphatic heterocycles. The Morgan fingerprint density at radius 2 is 2.25 bits per heavy atom. The number of anilines is 1. The zero-order valence-electron chi connectivity index (χ0n) is 10.9. The summed E-state index contributed by atoms with van der Waals surface area (Å²) in [6, 6.07) is 3.35. The van der Waals surface area contributed by atoms with Crippen molar-refractivity contribution in [2.24, 2.45) is 5.41 Å². The molecule has 4 nitrogen and oxygen atoms in total. The second-order valence-electron chi connectivity index (χ2n) is 4.97. The number of benzene rings is 1. The van der Waals surface area contributed by atoms with E-state index < -0.39 is 23.6 Å². The SMILES string of the molecule is CC1(C(=O)Nc2ccc(OC(F)F)c(F)c2)CCNC1. The summed E-state index contributed by atoms with van der Waals surface area (Å²) in [6.45, 7) is 0.0220. The highest BCUT2D eigenvalue weighted by Crippen LogP contribution is 2.28. The van der Waals surface area contributed by atoms with Crippen LogP contribution in [0, 0.1) is 11.2 Å². The number of carbonyl (C=O) groups excluding carboxylic acids is 1. The topological polar surface area (TPSA) is 50.4 Å². The third kappa shape index (κ3) is 3.22. The second-order valence-corrected chi connectivity index (χ2v) is 4.97. The lowest BCUT2D eigenvalue weighted by molar-refractivity contribution is -0.123. The van der Waals surface area contributed by atoms with Gasteiger partial charge in [0, 0.05) is 18.3 Å². The van der Waals surface area contributed by atoms with Crippen molar-refractivity contribution < 1.29 is 22.7 Å². The molecule has 1 saturated heterocycles. The van der Waals surface area contributed by atoms with Gasteiger partial charge < -0.3 is 15.4 Å². The second kappa shape index (κ2) is 5.70. The smallest absolute Gasteiger partial charge is 0.387 e. The van der Waals surface area contributed by atoms with Crippen molar-refractivity contribution in [2.75, 3.05) is 18.4 Å². The minimum absolute atomic E-state index is 0.210. The Morgan fingerprint density at radius 3 is 2.80 bits per heavy atom. The van der Waals surface area contributed by atoms with E-state index in [0.29, 0.717) is 13.0 Å². The van der Waals surface area contributed by atoms with Gasteiger partial charge >= 0.3 is 6.61 Å². The molecule has 1 amide bonds. The first kappa shape index (κ1) is 14.6. The molecule has 1 aromatic rings. The Labute approximate surface area is 114 Å². The highest BCUT2D eigenvalue weighted by atomic mass is 19.3. The zero-order valence-corrected chi connectivity index (χ0v) is 10.9. The third-order valence-corrected chi connectivity index (χ3v) is 3.32. The van der Waals surface area contributed by atoms with Crippen LogP contribution in [0.1, 0.15) is 13.3 Å². The van der Waals surface area contributed by atoms with E-state index in [-0.39, 0.29) is 11.6 Å². The maximum Gasteiger partial charge on any atom is 0.387 e. The molecule has 20 heavy (non-hydrogen) atoms. The fraction of sp³-hybridized carbons (Fsp3) is 0.462. The number of carbonyl (C=O) groups is 1.